The van der Waals surface area contributed by atoms with Crippen LogP contribution in [0.3, 0.4) is 0 Å². The van der Waals surface area contributed by atoms with Crippen molar-refractivity contribution < 1.29 is 39.4 Å². The van der Waals surface area contributed by atoms with Gasteiger partial charge in [0, 0.05) is 19.0 Å². The van der Waals surface area contributed by atoms with Gasteiger partial charge in [0.25, 0.3) is 5.91 Å². The summed E-state index contributed by atoms with van der Waals surface area (Å²) in [5.41, 5.74) is 0.203. The van der Waals surface area contributed by atoms with Crippen molar-refractivity contribution in [2.24, 2.45) is 0 Å². The first kappa shape index (κ1) is 21.7. The summed E-state index contributed by atoms with van der Waals surface area (Å²) in [6, 6.07) is 2.28. The largest absolute Gasteiger partial charge is 0.493 e. The number of hydrogen-bond donors (Lipinski definition) is 3. The standard InChI is InChI=1S/C20H26N2O8/c1-12(30-27)6-3-4-9-29-17-11-15-13(10-16(17)28-2)18(23)21-8-5-7-14(21)19(24)22(15)20(25)26/h10-11,14,19,24,27H,1,3-9H2,2H3,(H,25,26). The van der Waals surface area contributed by atoms with Crippen molar-refractivity contribution in [1.82, 2.24) is 4.90 Å². The van der Waals surface area contributed by atoms with Gasteiger partial charge in [-0.25, -0.2) is 15.0 Å². The maximum atomic E-state index is 13.1. The van der Waals surface area contributed by atoms with Gasteiger partial charge in [-0.2, -0.15) is 0 Å². The molecule has 0 spiro atoms. The number of unbranched alkanes of at least 4 members (excludes halogenated alkanes) is 1. The highest BCUT2D eigenvalue weighted by molar-refractivity contribution is 6.05. The summed E-state index contributed by atoms with van der Waals surface area (Å²) < 4.78 is 11.1. The zero-order valence-corrected chi connectivity index (χ0v) is 16.7. The number of aliphatic hydroxyl groups excluding tert-OH is 1. The first-order valence-electron chi connectivity index (χ1n) is 9.74. The Hall–Kier alpha value is -2.98. The fourth-order valence-corrected chi connectivity index (χ4v) is 3.88. The third-order valence-corrected chi connectivity index (χ3v) is 5.38. The number of anilines is 1. The lowest BCUT2D eigenvalue weighted by atomic mass is 10.1. The Morgan fingerprint density at radius 1 is 1.30 bits per heavy atom. The van der Waals surface area contributed by atoms with Gasteiger partial charge in [0.1, 0.15) is 5.76 Å². The topological polar surface area (TPSA) is 129 Å². The summed E-state index contributed by atoms with van der Waals surface area (Å²) in [4.78, 5) is 31.4. The van der Waals surface area contributed by atoms with Crippen LogP contribution in [0, 0.1) is 0 Å². The fraction of sp³-hybridized carbons (Fsp3) is 0.500. The lowest BCUT2D eigenvalue weighted by Gasteiger charge is -2.30. The molecule has 1 aromatic carbocycles. The maximum absolute atomic E-state index is 13.1. The molecule has 2 amide bonds. The van der Waals surface area contributed by atoms with E-state index in [1.54, 1.807) is 0 Å². The van der Waals surface area contributed by atoms with Crippen LogP contribution in [0.2, 0.25) is 0 Å². The van der Waals surface area contributed by atoms with E-state index in [4.69, 9.17) is 14.7 Å². The van der Waals surface area contributed by atoms with Gasteiger partial charge in [0.05, 0.1) is 31.0 Å². The number of benzene rings is 1. The predicted octanol–water partition coefficient (Wildman–Crippen LogP) is 2.67. The van der Waals surface area contributed by atoms with Crippen molar-refractivity contribution >= 4 is 17.7 Å². The minimum atomic E-state index is -1.37. The van der Waals surface area contributed by atoms with Crippen LogP contribution in [-0.4, -0.2) is 64.9 Å². The molecular formula is C20H26N2O8. The molecule has 10 nitrogen and oxygen atoms in total. The molecule has 164 valence electrons. The number of carbonyl (C=O) groups excluding carboxylic acids is 1. The summed E-state index contributed by atoms with van der Waals surface area (Å²) >= 11 is 0. The van der Waals surface area contributed by atoms with E-state index in [9.17, 15) is 19.8 Å². The van der Waals surface area contributed by atoms with Crippen LogP contribution < -0.4 is 14.4 Å². The first-order chi connectivity index (χ1) is 14.4. The van der Waals surface area contributed by atoms with Crippen molar-refractivity contribution in [1.29, 1.82) is 0 Å². The van der Waals surface area contributed by atoms with E-state index in [1.165, 1.54) is 24.1 Å². The summed E-state index contributed by atoms with van der Waals surface area (Å²) in [5.74, 6) is 0.467. The Labute approximate surface area is 173 Å². The van der Waals surface area contributed by atoms with Gasteiger partial charge < -0.3 is 29.5 Å². The monoisotopic (exact) mass is 422 g/mol. The number of methoxy groups -OCH3 is 1. The van der Waals surface area contributed by atoms with Gasteiger partial charge in [-0.05, 0) is 31.7 Å². The molecule has 2 atom stereocenters. The van der Waals surface area contributed by atoms with Gasteiger partial charge in [-0.3, -0.25) is 4.79 Å². The van der Waals surface area contributed by atoms with Gasteiger partial charge >= 0.3 is 6.09 Å². The third-order valence-electron chi connectivity index (χ3n) is 5.38. The molecule has 0 bridgehead atoms. The van der Waals surface area contributed by atoms with Crippen molar-refractivity contribution in [3.63, 3.8) is 0 Å². The normalized spacial score (nSPS) is 20.3. The minimum Gasteiger partial charge on any atom is -0.493 e. The molecule has 2 aliphatic heterocycles. The Morgan fingerprint density at radius 3 is 2.73 bits per heavy atom. The van der Waals surface area contributed by atoms with Crippen molar-refractivity contribution in [2.75, 3.05) is 25.2 Å². The van der Waals surface area contributed by atoms with Crippen LogP contribution in [-0.2, 0) is 4.89 Å². The Balaban J connectivity index is 1.88. The molecule has 1 fully saturated rings. The number of hydrogen-bond acceptors (Lipinski definition) is 7. The first-order valence-corrected chi connectivity index (χ1v) is 9.74. The average molecular weight is 422 g/mol. The Bertz CT molecular complexity index is 827. The lowest BCUT2D eigenvalue weighted by Crippen LogP contribution is -2.50. The molecule has 0 aromatic heterocycles. The van der Waals surface area contributed by atoms with E-state index in [2.05, 4.69) is 11.5 Å². The summed E-state index contributed by atoms with van der Waals surface area (Å²) in [6.45, 7) is 4.26. The number of nitrogens with zero attached hydrogens (tertiary/aromatic N) is 2. The average Bonchev–Trinajstić information content (AvgIpc) is 3.19. The highest BCUT2D eigenvalue weighted by Crippen LogP contribution is 2.41. The summed E-state index contributed by atoms with van der Waals surface area (Å²) in [7, 11) is 1.43. The highest BCUT2D eigenvalue weighted by atomic mass is 17.1. The van der Waals surface area contributed by atoms with E-state index < -0.39 is 18.4 Å². The van der Waals surface area contributed by atoms with Crippen LogP contribution >= 0.6 is 0 Å². The molecule has 1 saturated heterocycles. The SMILES string of the molecule is C=C(CCCCOc1cc2c(cc1OC)C(=O)N1CCCC1C(O)N2C(=O)O)OO. The number of fused-ring (bicyclic) bond motifs is 2. The second-order valence-electron chi connectivity index (χ2n) is 7.23. The molecule has 0 aliphatic carbocycles. The number of amides is 2. The lowest BCUT2D eigenvalue weighted by molar-refractivity contribution is -0.205. The highest BCUT2D eigenvalue weighted by Gasteiger charge is 2.44. The molecule has 2 heterocycles. The number of carbonyl (C=O) groups is 2. The predicted molar refractivity (Wildman–Crippen MR) is 106 cm³/mol. The molecule has 0 saturated carbocycles. The van der Waals surface area contributed by atoms with Gasteiger partial charge in [0.15, 0.2) is 17.7 Å². The van der Waals surface area contributed by atoms with Crippen molar-refractivity contribution in [2.45, 2.75) is 44.4 Å². The van der Waals surface area contributed by atoms with Crippen LogP contribution in [0.5, 0.6) is 11.5 Å². The Morgan fingerprint density at radius 2 is 2.07 bits per heavy atom. The molecule has 10 heteroatoms. The van der Waals surface area contributed by atoms with Gasteiger partial charge in [0.2, 0.25) is 0 Å². The van der Waals surface area contributed by atoms with E-state index >= 15 is 0 Å². The number of ether oxygens (including phenoxy) is 2. The van der Waals surface area contributed by atoms with Crippen LogP contribution in [0.15, 0.2) is 24.5 Å². The minimum absolute atomic E-state index is 0.0623. The second-order valence-corrected chi connectivity index (χ2v) is 7.23. The molecule has 3 rings (SSSR count). The number of rotatable bonds is 8. The van der Waals surface area contributed by atoms with E-state index in [0.29, 0.717) is 44.4 Å². The van der Waals surface area contributed by atoms with Crippen molar-refractivity contribution in [3.8, 4) is 11.5 Å². The zero-order valence-electron chi connectivity index (χ0n) is 16.7. The number of carboxylic acid groups (broad SMARTS) is 1. The third kappa shape index (κ3) is 4.14. The molecule has 2 aliphatic rings. The van der Waals surface area contributed by atoms with Crippen LogP contribution in [0.1, 0.15) is 42.5 Å². The maximum Gasteiger partial charge on any atom is 0.414 e. The number of allylic oxidation sites excluding steroid dienone is 1. The van der Waals surface area contributed by atoms with E-state index in [0.717, 1.165) is 4.90 Å². The molecule has 1 aromatic rings. The fourth-order valence-electron chi connectivity index (χ4n) is 3.88. The van der Waals surface area contributed by atoms with E-state index in [-0.39, 0.29) is 35.3 Å². The van der Waals surface area contributed by atoms with Crippen molar-refractivity contribution in [3.05, 3.63) is 30.0 Å². The molecular weight excluding hydrogens is 396 g/mol. The summed E-state index contributed by atoms with van der Waals surface area (Å²) in [5, 5.41) is 29.0. The quantitative estimate of drug-likeness (QED) is 0.252. The molecule has 30 heavy (non-hydrogen) atoms. The molecule has 3 N–H and O–H groups in total. The summed E-state index contributed by atoms with van der Waals surface area (Å²) in [6.07, 6.45) is 0.219. The van der Waals surface area contributed by atoms with E-state index in [1.807, 2.05) is 0 Å². The van der Waals surface area contributed by atoms with Gasteiger partial charge in [-0.1, -0.05) is 6.58 Å². The van der Waals surface area contributed by atoms with Crippen LogP contribution in [0.4, 0.5) is 10.5 Å². The smallest absolute Gasteiger partial charge is 0.414 e. The Kier molecular flexibility index (Phi) is 6.68. The van der Waals surface area contributed by atoms with Crippen LogP contribution in [0.25, 0.3) is 0 Å². The zero-order chi connectivity index (χ0) is 21.8. The second kappa shape index (κ2) is 9.23. The number of aliphatic hydroxyl groups is 1. The van der Waals surface area contributed by atoms with Gasteiger partial charge in [-0.15, -0.1) is 0 Å². The molecule has 2 unspecified atom stereocenters. The molecule has 0 radical (unpaired) electrons.